The van der Waals surface area contributed by atoms with Gasteiger partial charge in [0.2, 0.25) is 0 Å². The van der Waals surface area contributed by atoms with E-state index in [0.717, 1.165) is 0 Å². The first-order valence-corrected chi connectivity index (χ1v) is 8.59. The predicted molar refractivity (Wildman–Crippen MR) is 96.4 cm³/mol. The molecule has 0 radical (unpaired) electrons. The maximum atomic E-state index is 12.3. The Morgan fingerprint density at radius 3 is 2.16 bits per heavy atom. The van der Waals surface area contributed by atoms with E-state index in [0.29, 0.717) is 17.0 Å². The first kappa shape index (κ1) is 21.0. The minimum atomic E-state index is -0.824. The molecule has 1 aromatic rings. The Balaban J connectivity index is 2.69. The third-order valence-electron chi connectivity index (χ3n) is 3.20. The highest BCUT2D eigenvalue weighted by Gasteiger charge is 2.24. The molecule has 0 aliphatic heterocycles. The fourth-order valence-electron chi connectivity index (χ4n) is 2.13. The van der Waals surface area contributed by atoms with Crippen LogP contribution in [0.3, 0.4) is 0 Å². The Labute approximate surface area is 153 Å². The Kier molecular flexibility index (Phi) is 8.41. The third-order valence-corrected chi connectivity index (χ3v) is 3.45. The van der Waals surface area contributed by atoms with Crippen LogP contribution in [0.5, 0.6) is 0 Å². The van der Waals surface area contributed by atoms with Crippen LogP contribution in [0.15, 0.2) is 24.3 Å². The lowest BCUT2D eigenvalue weighted by molar-refractivity contribution is -0.150. The molecule has 7 heteroatoms. The largest absolute Gasteiger partial charge is 0.454 e. The van der Waals surface area contributed by atoms with Crippen LogP contribution in [0.1, 0.15) is 44.5 Å². The van der Waals surface area contributed by atoms with Crippen molar-refractivity contribution in [3.05, 3.63) is 34.9 Å². The molecule has 0 unspecified atom stereocenters. The zero-order valence-electron chi connectivity index (χ0n) is 15.0. The van der Waals surface area contributed by atoms with E-state index in [1.54, 1.807) is 24.3 Å². The van der Waals surface area contributed by atoms with Crippen molar-refractivity contribution in [1.82, 2.24) is 10.6 Å². The molecule has 0 aromatic heterocycles. The first-order valence-electron chi connectivity index (χ1n) is 8.21. The molecule has 138 valence electrons. The molecule has 0 aliphatic rings. The van der Waals surface area contributed by atoms with Crippen molar-refractivity contribution in [3.8, 4) is 0 Å². The van der Waals surface area contributed by atoms with Crippen molar-refractivity contribution in [1.29, 1.82) is 0 Å². The zero-order chi connectivity index (χ0) is 19.0. The minimum Gasteiger partial charge on any atom is -0.454 e. The molecule has 0 aliphatic carbocycles. The van der Waals surface area contributed by atoms with Crippen LogP contribution in [-0.2, 0) is 14.3 Å². The van der Waals surface area contributed by atoms with Gasteiger partial charge in [-0.15, -0.1) is 0 Å². The molecule has 1 atom stereocenters. The Bertz CT molecular complexity index is 600. The molecule has 0 heterocycles. The number of amides is 2. The summed E-state index contributed by atoms with van der Waals surface area (Å²) in [7, 11) is 0. The Hall–Kier alpha value is -2.08. The second-order valence-electron chi connectivity index (χ2n) is 6.49. The first-order chi connectivity index (χ1) is 11.7. The van der Waals surface area contributed by atoms with E-state index in [1.165, 1.54) is 0 Å². The molecule has 2 amide bonds. The fraction of sp³-hybridized carbons (Fsp3) is 0.500. The molecule has 1 rings (SSSR count). The summed E-state index contributed by atoms with van der Waals surface area (Å²) < 4.78 is 5.04. The van der Waals surface area contributed by atoms with Crippen LogP contribution < -0.4 is 10.6 Å². The fourth-order valence-corrected chi connectivity index (χ4v) is 2.26. The van der Waals surface area contributed by atoms with Gasteiger partial charge in [0.15, 0.2) is 6.61 Å². The van der Waals surface area contributed by atoms with Crippen molar-refractivity contribution in [2.75, 3.05) is 6.61 Å². The minimum absolute atomic E-state index is 0.0396. The third kappa shape index (κ3) is 8.03. The molecule has 0 saturated heterocycles. The van der Waals surface area contributed by atoms with Crippen molar-refractivity contribution in [2.45, 2.75) is 46.2 Å². The standard InChI is InChI=1S/C18H25ClN2O4/c1-11(2)9-15(18(24)25-10-16(22)20-12(3)4)21-17(23)13-5-7-14(19)8-6-13/h5-8,11-12,15H,9-10H2,1-4H3,(H,20,22)(H,21,23)/t15-/m0/s1. The molecule has 0 bridgehead atoms. The number of hydrogen-bond donors (Lipinski definition) is 2. The van der Waals surface area contributed by atoms with E-state index in [2.05, 4.69) is 10.6 Å². The van der Waals surface area contributed by atoms with E-state index in [1.807, 2.05) is 27.7 Å². The summed E-state index contributed by atoms with van der Waals surface area (Å²) in [6, 6.07) is 5.49. The number of carbonyl (C=O) groups excluding carboxylic acids is 3. The van der Waals surface area contributed by atoms with Gasteiger partial charge in [-0.1, -0.05) is 25.4 Å². The van der Waals surface area contributed by atoms with E-state index < -0.39 is 17.9 Å². The zero-order valence-corrected chi connectivity index (χ0v) is 15.7. The quantitative estimate of drug-likeness (QED) is 0.690. The van der Waals surface area contributed by atoms with Crippen LogP contribution >= 0.6 is 11.6 Å². The van der Waals surface area contributed by atoms with E-state index in [-0.39, 0.29) is 24.5 Å². The lowest BCUT2D eigenvalue weighted by Gasteiger charge is -2.19. The van der Waals surface area contributed by atoms with Crippen LogP contribution in [0.2, 0.25) is 5.02 Å². The van der Waals surface area contributed by atoms with Gasteiger partial charge in [-0.05, 0) is 50.5 Å². The van der Waals surface area contributed by atoms with Gasteiger partial charge in [-0.2, -0.15) is 0 Å². The highest BCUT2D eigenvalue weighted by atomic mass is 35.5. The highest BCUT2D eigenvalue weighted by Crippen LogP contribution is 2.11. The van der Waals surface area contributed by atoms with E-state index in [4.69, 9.17) is 16.3 Å². The van der Waals surface area contributed by atoms with Crippen LogP contribution in [0, 0.1) is 5.92 Å². The molecule has 6 nitrogen and oxygen atoms in total. The topological polar surface area (TPSA) is 84.5 Å². The molecular formula is C18H25ClN2O4. The van der Waals surface area contributed by atoms with E-state index >= 15 is 0 Å². The van der Waals surface area contributed by atoms with Crippen LogP contribution in [-0.4, -0.2) is 36.5 Å². The summed E-state index contributed by atoms with van der Waals surface area (Å²) in [5.74, 6) is -1.25. The molecule has 1 aromatic carbocycles. The summed E-state index contributed by atoms with van der Waals surface area (Å²) in [5.41, 5.74) is 0.392. The number of rotatable bonds is 8. The van der Waals surface area contributed by atoms with Gasteiger partial charge in [-0.3, -0.25) is 9.59 Å². The number of hydrogen-bond acceptors (Lipinski definition) is 4. The second kappa shape index (κ2) is 10.0. The monoisotopic (exact) mass is 368 g/mol. The van der Waals surface area contributed by atoms with Gasteiger partial charge < -0.3 is 15.4 Å². The smallest absolute Gasteiger partial charge is 0.329 e. The van der Waals surface area contributed by atoms with Gasteiger partial charge in [-0.25, -0.2) is 4.79 Å². The summed E-state index contributed by atoms with van der Waals surface area (Å²) in [6.45, 7) is 7.12. The number of esters is 1. The molecule has 2 N–H and O–H groups in total. The average molecular weight is 369 g/mol. The number of ether oxygens (including phenoxy) is 1. The summed E-state index contributed by atoms with van der Waals surface area (Å²) in [5, 5.41) is 5.81. The maximum absolute atomic E-state index is 12.3. The van der Waals surface area contributed by atoms with Crippen LogP contribution in [0.25, 0.3) is 0 Å². The van der Waals surface area contributed by atoms with Crippen molar-refractivity contribution < 1.29 is 19.1 Å². The summed E-state index contributed by atoms with van der Waals surface area (Å²) in [6.07, 6.45) is 0.407. The summed E-state index contributed by atoms with van der Waals surface area (Å²) >= 11 is 5.80. The molecular weight excluding hydrogens is 344 g/mol. The molecule has 25 heavy (non-hydrogen) atoms. The maximum Gasteiger partial charge on any atom is 0.329 e. The SMILES string of the molecule is CC(C)C[C@H](NC(=O)c1ccc(Cl)cc1)C(=O)OCC(=O)NC(C)C. The number of halogens is 1. The van der Waals surface area contributed by atoms with Gasteiger partial charge >= 0.3 is 5.97 Å². The lowest BCUT2D eigenvalue weighted by atomic mass is 10.0. The second-order valence-corrected chi connectivity index (χ2v) is 6.93. The summed E-state index contributed by atoms with van der Waals surface area (Å²) in [4.78, 5) is 36.1. The molecule has 0 spiro atoms. The van der Waals surface area contributed by atoms with Gasteiger partial charge in [0.05, 0.1) is 0 Å². The average Bonchev–Trinajstić information content (AvgIpc) is 2.51. The van der Waals surface area contributed by atoms with Crippen molar-refractivity contribution in [3.63, 3.8) is 0 Å². The molecule has 0 saturated carbocycles. The molecule has 0 fully saturated rings. The Morgan fingerprint density at radius 1 is 1.04 bits per heavy atom. The normalized spacial score (nSPS) is 12.0. The number of benzene rings is 1. The van der Waals surface area contributed by atoms with E-state index in [9.17, 15) is 14.4 Å². The lowest BCUT2D eigenvalue weighted by Crippen LogP contribution is -2.44. The van der Waals surface area contributed by atoms with Crippen molar-refractivity contribution >= 4 is 29.4 Å². The Morgan fingerprint density at radius 2 is 1.64 bits per heavy atom. The van der Waals surface area contributed by atoms with Gasteiger partial charge in [0.1, 0.15) is 6.04 Å². The highest BCUT2D eigenvalue weighted by molar-refractivity contribution is 6.30. The predicted octanol–water partition coefficient (Wildman–Crippen LogP) is 2.55. The number of nitrogens with one attached hydrogen (secondary N) is 2. The van der Waals surface area contributed by atoms with Gasteiger partial charge in [0, 0.05) is 16.6 Å². The van der Waals surface area contributed by atoms with Crippen LogP contribution in [0.4, 0.5) is 0 Å². The van der Waals surface area contributed by atoms with Gasteiger partial charge in [0.25, 0.3) is 11.8 Å². The van der Waals surface area contributed by atoms with Crippen molar-refractivity contribution in [2.24, 2.45) is 5.92 Å². The number of carbonyl (C=O) groups is 3.